The minimum Gasteiger partial charge on any atom is -0.497 e. The number of aromatic nitrogens is 1. The molecule has 1 atom stereocenters. The standard InChI is InChI=1S/C33H36N4O5S/c1-3-36-43(40,41)30-19-14-25(15-20-30)16-21-31(38)37(24-26-12-17-29(42-2)18-13-26)32(27-9-5-4-6-10-27)33(39)35-23-28-11-7-8-22-34-28/h4-15,17-20,22,32,36H,3,16,21,23-24H2,1-2H3,(H,35,39)/t32-/m1/s1. The number of benzene rings is 3. The number of carbonyl (C=O) groups excluding carboxylic acids is 2. The summed E-state index contributed by atoms with van der Waals surface area (Å²) in [5.74, 6) is 0.146. The summed E-state index contributed by atoms with van der Waals surface area (Å²) < 4.78 is 32.4. The van der Waals surface area contributed by atoms with E-state index in [0.29, 0.717) is 30.0 Å². The quantitative estimate of drug-likeness (QED) is 0.222. The minimum atomic E-state index is -3.57. The SMILES string of the molecule is CCNS(=O)(=O)c1ccc(CCC(=O)N(Cc2ccc(OC)cc2)[C@@H](C(=O)NCc2ccccn2)c2ccccc2)cc1. The van der Waals surface area contributed by atoms with Gasteiger partial charge in [-0.25, -0.2) is 13.1 Å². The topological polar surface area (TPSA) is 118 Å². The summed E-state index contributed by atoms with van der Waals surface area (Å²) in [6.07, 6.45) is 2.15. The number of carbonyl (C=O) groups is 2. The first-order chi connectivity index (χ1) is 20.8. The first kappa shape index (κ1) is 31.4. The highest BCUT2D eigenvalue weighted by atomic mass is 32.2. The number of rotatable bonds is 14. The van der Waals surface area contributed by atoms with Gasteiger partial charge in [0.15, 0.2) is 0 Å². The average molecular weight is 601 g/mol. The second-order valence-corrected chi connectivity index (χ2v) is 11.6. The molecule has 1 aromatic heterocycles. The number of sulfonamides is 1. The number of amides is 2. The second kappa shape index (κ2) is 15.1. The van der Waals surface area contributed by atoms with E-state index in [1.54, 1.807) is 37.3 Å². The van der Waals surface area contributed by atoms with E-state index in [9.17, 15) is 18.0 Å². The number of aryl methyl sites for hydroxylation is 1. The summed E-state index contributed by atoms with van der Waals surface area (Å²) in [6, 6.07) is 27.7. The van der Waals surface area contributed by atoms with Crippen molar-refractivity contribution in [2.45, 2.75) is 43.8 Å². The lowest BCUT2D eigenvalue weighted by atomic mass is 10.0. The molecule has 2 amide bonds. The molecular weight excluding hydrogens is 564 g/mol. The fraction of sp³-hybridized carbons (Fsp3) is 0.242. The Morgan fingerprint density at radius 1 is 0.884 bits per heavy atom. The first-order valence-electron chi connectivity index (χ1n) is 14.0. The molecule has 0 aliphatic carbocycles. The number of nitrogens with zero attached hydrogens (tertiary/aromatic N) is 2. The van der Waals surface area contributed by atoms with Crippen LogP contribution in [0.4, 0.5) is 0 Å². The van der Waals surface area contributed by atoms with Crippen LogP contribution in [0, 0.1) is 0 Å². The van der Waals surface area contributed by atoms with Crippen molar-refractivity contribution in [3.8, 4) is 5.75 Å². The number of nitrogens with one attached hydrogen (secondary N) is 2. The maximum Gasteiger partial charge on any atom is 0.247 e. The van der Waals surface area contributed by atoms with Gasteiger partial charge in [-0.05, 0) is 59.5 Å². The third-order valence-electron chi connectivity index (χ3n) is 6.87. The van der Waals surface area contributed by atoms with Crippen molar-refractivity contribution in [2.24, 2.45) is 0 Å². The van der Waals surface area contributed by atoms with Crippen LogP contribution in [0.25, 0.3) is 0 Å². The van der Waals surface area contributed by atoms with Gasteiger partial charge in [0.25, 0.3) is 0 Å². The Morgan fingerprint density at radius 2 is 1.56 bits per heavy atom. The molecule has 0 unspecified atom stereocenters. The van der Waals surface area contributed by atoms with Crippen molar-refractivity contribution in [3.05, 3.63) is 126 Å². The van der Waals surface area contributed by atoms with Crippen LogP contribution in [-0.2, 0) is 39.1 Å². The summed E-state index contributed by atoms with van der Waals surface area (Å²) in [6.45, 7) is 2.42. The van der Waals surface area contributed by atoms with Gasteiger partial charge < -0.3 is 15.0 Å². The Bertz CT molecular complexity index is 1580. The van der Waals surface area contributed by atoms with E-state index in [2.05, 4.69) is 15.0 Å². The van der Waals surface area contributed by atoms with E-state index < -0.39 is 16.1 Å². The molecular formula is C33H36N4O5S. The molecule has 224 valence electrons. The minimum absolute atomic E-state index is 0.117. The molecule has 0 aliphatic rings. The molecule has 3 aromatic carbocycles. The molecule has 4 rings (SSSR count). The van der Waals surface area contributed by atoms with Crippen LogP contribution >= 0.6 is 0 Å². The fourth-order valence-corrected chi connectivity index (χ4v) is 5.68. The van der Waals surface area contributed by atoms with Crippen LogP contribution in [-0.4, -0.2) is 43.8 Å². The summed E-state index contributed by atoms with van der Waals surface area (Å²) in [5, 5.41) is 2.96. The molecule has 2 N–H and O–H groups in total. The van der Waals surface area contributed by atoms with Gasteiger partial charge in [0.2, 0.25) is 21.8 Å². The molecule has 0 aliphatic heterocycles. The van der Waals surface area contributed by atoms with Gasteiger partial charge in [0.1, 0.15) is 11.8 Å². The zero-order valence-electron chi connectivity index (χ0n) is 24.3. The second-order valence-electron chi connectivity index (χ2n) is 9.87. The molecule has 0 saturated carbocycles. The van der Waals surface area contributed by atoms with E-state index in [1.165, 1.54) is 12.1 Å². The van der Waals surface area contributed by atoms with Crippen LogP contribution in [0.5, 0.6) is 5.75 Å². The van der Waals surface area contributed by atoms with E-state index in [-0.39, 0.29) is 36.2 Å². The maximum atomic E-state index is 14.0. The average Bonchev–Trinajstić information content (AvgIpc) is 3.04. The van der Waals surface area contributed by atoms with Gasteiger partial charge in [0.05, 0.1) is 24.2 Å². The highest BCUT2D eigenvalue weighted by Crippen LogP contribution is 2.26. The number of methoxy groups -OCH3 is 1. The Balaban J connectivity index is 1.60. The van der Waals surface area contributed by atoms with Gasteiger partial charge in [-0.1, -0.05) is 67.6 Å². The molecule has 0 radical (unpaired) electrons. The Morgan fingerprint density at radius 3 is 2.19 bits per heavy atom. The predicted molar refractivity (Wildman–Crippen MR) is 164 cm³/mol. The van der Waals surface area contributed by atoms with Crippen molar-refractivity contribution in [2.75, 3.05) is 13.7 Å². The van der Waals surface area contributed by atoms with Gasteiger partial charge in [-0.2, -0.15) is 0 Å². The number of pyridine rings is 1. The highest BCUT2D eigenvalue weighted by Gasteiger charge is 2.31. The van der Waals surface area contributed by atoms with Crippen molar-refractivity contribution >= 4 is 21.8 Å². The predicted octanol–water partition coefficient (Wildman–Crippen LogP) is 4.41. The van der Waals surface area contributed by atoms with E-state index >= 15 is 0 Å². The monoisotopic (exact) mass is 600 g/mol. The van der Waals surface area contributed by atoms with Crippen LogP contribution < -0.4 is 14.8 Å². The number of ether oxygens (including phenoxy) is 1. The van der Waals surface area contributed by atoms with Crippen molar-refractivity contribution in [1.82, 2.24) is 19.9 Å². The van der Waals surface area contributed by atoms with Crippen LogP contribution in [0.15, 0.2) is 108 Å². The lowest BCUT2D eigenvalue weighted by molar-refractivity contribution is -0.141. The fourth-order valence-electron chi connectivity index (χ4n) is 4.64. The highest BCUT2D eigenvalue weighted by molar-refractivity contribution is 7.89. The van der Waals surface area contributed by atoms with E-state index in [4.69, 9.17) is 4.74 Å². The largest absolute Gasteiger partial charge is 0.497 e. The van der Waals surface area contributed by atoms with Crippen molar-refractivity contribution < 1.29 is 22.7 Å². The first-order valence-corrected chi connectivity index (χ1v) is 15.5. The molecule has 0 fully saturated rings. The molecule has 0 saturated heterocycles. The normalized spacial score (nSPS) is 11.9. The van der Waals surface area contributed by atoms with Gasteiger partial charge >= 0.3 is 0 Å². The molecule has 43 heavy (non-hydrogen) atoms. The molecule has 4 aromatic rings. The van der Waals surface area contributed by atoms with Gasteiger partial charge in [-0.3, -0.25) is 14.6 Å². The zero-order valence-corrected chi connectivity index (χ0v) is 25.1. The third-order valence-corrected chi connectivity index (χ3v) is 8.43. The van der Waals surface area contributed by atoms with Gasteiger partial charge in [-0.15, -0.1) is 0 Å². The van der Waals surface area contributed by atoms with E-state index in [0.717, 1.165) is 11.1 Å². The van der Waals surface area contributed by atoms with Crippen LogP contribution in [0.2, 0.25) is 0 Å². The number of hydrogen-bond acceptors (Lipinski definition) is 6. The molecule has 10 heteroatoms. The maximum absolute atomic E-state index is 14.0. The van der Waals surface area contributed by atoms with Crippen LogP contribution in [0.3, 0.4) is 0 Å². The Hall–Kier alpha value is -4.54. The van der Waals surface area contributed by atoms with Crippen LogP contribution in [0.1, 0.15) is 41.8 Å². The summed E-state index contributed by atoms with van der Waals surface area (Å²) in [4.78, 5) is 33.8. The lowest BCUT2D eigenvalue weighted by Gasteiger charge is -2.32. The van der Waals surface area contributed by atoms with Gasteiger partial charge in [0, 0.05) is 25.7 Å². The third kappa shape index (κ3) is 8.73. The van der Waals surface area contributed by atoms with E-state index in [1.807, 2.05) is 72.8 Å². The Kier molecular flexibility index (Phi) is 11.0. The van der Waals surface area contributed by atoms with Crippen molar-refractivity contribution in [1.29, 1.82) is 0 Å². The summed E-state index contributed by atoms with van der Waals surface area (Å²) in [5.41, 5.74) is 3.03. The molecule has 1 heterocycles. The smallest absolute Gasteiger partial charge is 0.247 e. The zero-order chi connectivity index (χ0) is 30.7. The molecule has 0 spiro atoms. The Labute approximate surface area is 253 Å². The summed E-state index contributed by atoms with van der Waals surface area (Å²) in [7, 11) is -1.98. The molecule has 9 nitrogen and oxygen atoms in total. The van der Waals surface area contributed by atoms with Crippen molar-refractivity contribution in [3.63, 3.8) is 0 Å². The lowest BCUT2D eigenvalue weighted by Crippen LogP contribution is -2.43. The summed E-state index contributed by atoms with van der Waals surface area (Å²) >= 11 is 0. The number of hydrogen-bond donors (Lipinski definition) is 2. The molecule has 0 bridgehead atoms.